The molecule has 1 amide bonds. The number of carbonyl (C=O) groups is 1. The van der Waals surface area contributed by atoms with E-state index in [-0.39, 0.29) is 28.7 Å². The number of piperidine rings is 1. The van der Waals surface area contributed by atoms with E-state index in [0.29, 0.717) is 26.1 Å². The zero-order valence-electron chi connectivity index (χ0n) is 14.9. The summed E-state index contributed by atoms with van der Waals surface area (Å²) in [4.78, 5) is 14.2. The predicted molar refractivity (Wildman–Crippen MR) is 94.2 cm³/mol. The van der Waals surface area contributed by atoms with Gasteiger partial charge in [0, 0.05) is 31.7 Å². The highest BCUT2D eigenvalue weighted by Crippen LogP contribution is 2.28. The van der Waals surface area contributed by atoms with Crippen molar-refractivity contribution in [2.45, 2.75) is 37.7 Å². The Hall–Kier alpha value is -1.64. The quantitative estimate of drug-likeness (QED) is 0.816. The summed E-state index contributed by atoms with van der Waals surface area (Å²) in [5.74, 6) is -0.0699. The van der Waals surface area contributed by atoms with Crippen LogP contribution in [0.3, 0.4) is 0 Å². The molecule has 7 nitrogen and oxygen atoms in total. The summed E-state index contributed by atoms with van der Waals surface area (Å²) in [6.45, 7) is 5.01. The molecule has 1 saturated heterocycles. The Bertz CT molecular complexity index is 716. The second-order valence-corrected chi connectivity index (χ2v) is 7.91. The van der Waals surface area contributed by atoms with E-state index in [1.54, 1.807) is 24.8 Å². The molecular weight excluding hydrogens is 344 g/mol. The van der Waals surface area contributed by atoms with Gasteiger partial charge in [-0.25, -0.2) is 8.42 Å². The second-order valence-electron chi connectivity index (χ2n) is 6.00. The molecular formula is C17H26N2O5S. The first-order chi connectivity index (χ1) is 11.8. The van der Waals surface area contributed by atoms with E-state index in [2.05, 4.69) is 0 Å². The second kappa shape index (κ2) is 8.16. The van der Waals surface area contributed by atoms with Crippen molar-refractivity contribution in [2.75, 3.05) is 33.3 Å². The number of likely N-dealkylation sites (tertiary alicyclic amines) is 1. The van der Waals surface area contributed by atoms with Gasteiger partial charge < -0.3 is 14.7 Å². The van der Waals surface area contributed by atoms with E-state index in [1.807, 2.05) is 0 Å². The summed E-state index contributed by atoms with van der Waals surface area (Å²) < 4.78 is 32.2. The minimum atomic E-state index is -3.75. The van der Waals surface area contributed by atoms with Crippen molar-refractivity contribution in [1.29, 1.82) is 0 Å². The molecule has 0 radical (unpaired) electrons. The Kier molecular flexibility index (Phi) is 6.42. The number of hydrogen-bond acceptors (Lipinski definition) is 5. The first kappa shape index (κ1) is 19.7. The maximum absolute atomic E-state index is 12.9. The molecule has 0 aromatic heterocycles. The zero-order chi connectivity index (χ0) is 18.6. The number of ether oxygens (including phenoxy) is 1. The Morgan fingerprint density at radius 2 is 2.04 bits per heavy atom. The minimum Gasteiger partial charge on any atom is -0.495 e. The lowest BCUT2D eigenvalue weighted by molar-refractivity contribution is 0.0473. The molecule has 1 N–H and O–H groups in total. The topological polar surface area (TPSA) is 87.2 Å². The fourth-order valence-electron chi connectivity index (χ4n) is 3.04. The van der Waals surface area contributed by atoms with Gasteiger partial charge in [0.05, 0.1) is 13.2 Å². The fraction of sp³-hybridized carbons (Fsp3) is 0.588. The molecule has 8 heteroatoms. The highest BCUT2D eigenvalue weighted by atomic mass is 32.2. The van der Waals surface area contributed by atoms with Crippen LogP contribution >= 0.6 is 0 Å². The number of benzene rings is 1. The molecule has 0 bridgehead atoms. The normalized spacial score (nSPS) is 18.4. The Labute approximate surface area is 149 Å². The molecule has 0 saturated carbocycles. The highest BCUT2D eigenvalue weighted by molar-refractivity contribution is 7.89. The van der Waals surface area contributed by atoms with Gasteiger partial charge in [-0.05, 0) is 31.0 Å². The predicted octanol–water partition coefficient (Wildman–Crippen LogP) is 1.32. The van der Waals surface area contributed by atoms with E-state index in [1.165, 1.54) is 23.5 Å². The van der Waals surface area contributed by atoms with Crippen molar-refractivity contribution in [3.05, 3.63) is 23.8 Å². The fourth-order valence-corrected chi connectivity index (χ4v) is 4.68. The Morgan fingerprint density at radius 1 is 1.36 bits per heavy atom. The lowest BCUT2D eigenvalue weighted by Crippen LogP contribution is -2.42. The molecule has 1 aliphatic rings. The van der Waals surface area contributed by atoms with Crippen LogP contribution in [0, 0.1) is 0 Å². The number of carbonyl (C=O) groups excluding carboxylic acids is 1. The third kappa shape index (κ3) is 4.13. The molecule has 140 valence electrons. The third-order valence-electron chi connectivity index (χ3n) is 4.42. The Balaban J connectivity index is 2.41. The van der Waals surface area contributed by atoms with Crippen molar-refractivity contribution >= 4 is 15.9 Å². The molecule has 0 aliphatic carbocycles. The maximum atomic E-state index is 12.9. The summed E-state index contributed by atoms with van der Waals surface area (Å²) in [7, 11) is -2.35. The molecule has 1 fully saturated rings. The van der Waals surface area contributed by atoms with Crippen molar-refractivity contribution in [1.82, 2.24) is 9.21 Å². The summed E-state index contributed by atoms with van der Waals surface area (Å²) in [5.41, 5.74) is 0.278. The third-order valence-corrected chi connectivity index (χ3v) is 6.49. The zero-order valence-corrected chi connectivity index (χ0v) is 15.8. The van der Waals surface area contributed by atoms with E-state index in [9.17, 15) is 18.3 Å². The van der Waals surface area contributed by atoms with Gasteiger partial charge in [0.1, 0.15) is 10.6 Å². The molecule has 25 heavy (non-hydrogen) atoms. The largest absolute Gasteiger partial charge is 0.495 e. The highest BCUT2D eigenvalue weighted by Gasteiger charge is 2.29. The summed E-state index contributed by atoms with van der Waals surface area (Å²) in [6, 6.07) is 4.43. The maximum Gasteiger partial charge on any atom is 0.253 e. The smallest absolute Gasteiger partial charge is 0.253 e. The molecule has 0 spiro atoms. The average Bonchev–Trinajstić information content (AvgIpc) is 2.61. The van der Waals surface area contributed by atoms with Crippen LogP contribution in [0.25, 0.3) is 0 Å². The SMILES string of the molecule is CCN(CC)S(=O)(=O)c1cc(C(=O)N2CCC[C@@H](O)C2)ccc1OC. The molecule has 1 atom stereocenters. The number of rotatable bonds is 6. The summed E-state index contributed by atoms with van der Waals surface area (Å²) in [5, 5.41) is 9.76. The number of aliphatic hydroxyl groups is 1. The van der Waals surface area contributed by atoms with Crippen LogP contribution in [0.2, 0.25) is 0 Å². The molecule has 1 aromatic carbocycles. The number of hydrogen-bond donors (Lipinski definition) is 1. The minimum absolute atomic E-state index is 0.0119. The first-order valence-corrected chi connectivity index (χ1v) is 9.94. The lowest BCUT2D eigenvalue weighted by Gasteiger charge is -2.30. The summed E-state index contributed by atoms with van der Waals surface area (Å²) in [6.07, 6.45) is 0.872. The van der Waals surface area contributed by atoms with Crippen molar-refractivity contribution in [3.63, 3.8) is 0 Å². The van der Waals surface area contributed by atoms with Gasteiger partial charge >= 0.3 is 0 Å². The van der Waals surface area contributed by atoms with Gasteiger partial charge in [-0.1, -0.05) is 13.8 Å². The van der Waals surface area contributed by atoms with Crippen LogP contribution in [0.1, 0.15) is 37.0 Å². The van der Waals surface area contributed by atoms with Gasteiger partial charge in [0.2, 0.25) is 10.0 Å². The van der Waals surface area contributed by atoms with Crippen LogP contribution in [0.5, 0.6) is 5.75 Å². The Morgan fingerprint density at radius 3 is 2.60 bits per heavy atom. The van der Waals surface area contributed by atoms with Crippen LogP contribution < -0.4 is 4.74 Å². The van der Waals surface area contributed by atoms with Gasteiger partial charge in [0.25, 0.3) is 5.91 Å². The standard InChI is InChI=1S/C17H26N2O5S/c1-4-19(5-2)25(22,23)16-11-13(8-9-15(16)24-3)17(21)18-10-6-7-14(20)12-18/h8-9,11,14,20H,4-7,10,12H2,1-3H3/t14-/m1/s1. The van der Waals surface area contributed by atoms with E-state index in [0.717, 1.165) is 6.42 Å². The van der Waals surface area contributed by atoms with Crippen LogP contribution in [-0.4, -0.2) is 68.0 Å². The van der Waals surface area contributed by atoms with Gasteiger partial charge in [-0.2, -0.15) is 4.31 Å². The van der Waals surface area contributed by atoms with Crippen molar-refractivity contribution in [3.8, 4) is 5.75 Å². The molecule has 1 heterocycles. The van der Waals surface area contributed by atoms with E-state index >= 15 is 0 Å². The monoisotopic (exact) mass is 370 g/mol. The van der Waals surface area contributed by atoms with E-state index < -0.39 is 16.1 Å². The van der Waals surface area contributed by atoms with Gasteiger partial charge in [-0.15, -0.1) is 0 Å². The van der Waals surface area contributed by atoms with Crippen molar-refractivity contribution < 1.29 is 23.1 Å². The number of methoxy groups -OCH3 is 1. The first-order valence-electron chi connectivity index (χ1n) is 8.50. The molecule has 2 rings (SSSR count). The molecule has 1 aromatic rings. The average molecular weight is 370 g/mol. The van der Waals surface area contributed by atoms with Crippen LogP contribution in [0.4, 0.5) is 0 Å². The number of β-amino-alcohol motifs (C(OH)–C–C–N with tert-alkyl or cyclic N) is 1. The lowest BCUT2D eigenvalue weighted by atomic mass is 10.1. The van der Waals surface area contributed by atoms with E-state index in [4.69, 9.17) is 4.74 Å². The van der Waals surface area contributed by atoms with Crippen molar-refractivity contribution in [2.24, 2.45) is 0 Å². The number of amides is 1. The molecule has 1 aliphatic heterocycles. The van der Waals surface area contributed by atoms with Gasteiger partial charge in [-0.3, -0.25) is 4.79 Å². The van der Waals surface area contributed by atoms with Crippen LogP contribution in [0.15, 0.2) is 23.1 Å². The number of nitrogens with zero attached hydrogens (tertiary/aromatic N) is 2. The number of aliphatic hydroxyl groups excluding tert-OH is 1. The van der Waals surface area contributed by atoms with Crippen LogP contribution in [-0.2, 0) is 10.0 Å². The van der Waals surface area contributed by atoms with Gasteiger partial charge in [0.15, 0.2) is 0 Å². The number of sulfonamides is 1. The molecule has 0 unspecified atom stereocenters. The summed E-state index contributed by atoms with van der Waals surface area (Å²) >= 11 is 0.